The number of rotatable bonds is 2. The van der Waals surface area contributed by atoms with Gasteiger partial charge in [-0.15, -0.1) is 5.46 Å². The van der Waals surface area contributed by atoms with Crippen LogP contribution in [0.1, 0.15) is 15.9 Å². The van der Waals surface area contributed by atoms with Gasteiger partial charge in [-0.2, -0.15) is 0 Å². The van der Waals surface area contributed by atoms with Crippen molar-refractivity contribution in [1.82, 2.24) is 0 Å². The van der Waals surface area contributed by atoms with Crippen molar-refractivity contribution in [3.63, 3.8) is 0 Å². The van der Waals surface area contributed by atoms with Gasteiger partial charge in [0.2, 0.25) is 0 Å². The molecular formula is C9H9BF3O2-. The van der Waals surface area contributed by atoms with E-state index in [2.05, 4.69) is 4.74 Å². The van der Waals surface area contributed by atoms with Crippen LogP contribution in [0.15, 0.2) is 18.2 Å². The highest BCUT2D eigenvalue weighted by Crippen LogP contribution is 2.13. The molecule has 0 atom stereocenters. The molecule has 0 unspecified atom stereocenters. The number of ether oxygens (including phenoxy) is 1. The second-order valence-corrected chi connectivity index (χ2v) is 3.14. The maximum Gasteiger partial charge on any atom is 0.509 e. The van der Waals surface area contributed by atoms with Crippen LogP contribution in [0.4, 0.5) is 12.9 Å². The molecule has 1 aromatic rings. The standard InChI is InChI=1S/C9H9BF3O2/c1-6-5-7(9(14)15-2)3-4-8(6)10(11,12)13/h3-5H,1-2H3/q-1. The van der Waals surface area contributed by atoms with Crippen molar-refractivity contribution < 1.29 is 22.5 Å². The number of benzene rings is 1. The second-order valence-electron chi connectivity index (χ2n) is 3.14. The number of halogens is 3. The number of hydrogen-bond acceptors (Lipinski definition) is 2. The lowest BCUT2D eigenvalue weighted by Crippen LogP contribution is -2.36. The Balaban J connectivity index is 3.15. The first-order valence-corrected chi connectivity index (χ1v) is 4.25. The molecule has 0 saturated carbocycles. The van der Waals surface area contributed by atoms with Crippen LogP contribution in [-0.2, 0) is 4.74 Å². The van der Waals surface area contributed by atoms with E-state index in [4.69, 9.17) is 0 Å². The van der Waals surface area contributed by atoms with E-state index in [-0.39, 0.29) is 11.1 Å². The summed E-state index contributed by atoms with van der Waals surface area (Å²) < 4.78 is 41.6. The Morgan fingerprint density at radius 1 is 1.33 bits per heavy atom. The van der Waals surface area contributed by atoms with E-state index in [9.17, 15) is 17.7 Å². The Labute approximate surface area is 85.1 Å². The molecule has 6 heteroatoms. The zero-order chi connectivity index (χ0) is 11.6. The molecule has 0 amide bonds. The lowest BCUT2D eigenvalue weighted by atomic mass is 9.77. The van der Waals surface area contributed by atoms with Gasteiger partial charge in [-0.3, -0.25) is 0 Å². The highest BCUT2D eigenvalue weighted by Gasteiger charge is 2.27. The molecule has 0 aliphatic rings. The number of methoxy groups -OCH3 is 1. The van der Waals surface area contributed by atoms with E-state index in [0.29, 0.717) is 0 Å². The fraction of sp³-hybridized carbons (Fsp3) is 0.222. The third kappa shape index (κ3) is 2.52. The molecule has 0 N–H and O–H groups in total. The van der Waals surface area contributed by atoms with Crippen molar-refractivity contribution in [2.75, 3.05) is 7.11 Å². The minimum Gasteiger partial charge on any atom is -0.465 e. The summed E-state index contributed by atoms with van der Waals surface area (Å²) in [4.78, 5) is 11.0. The molecule has 0 aromatic heterocycles. The summed E-state index contributed by atoms with van der Waals surface area (Å²) in [6, 6.07) is 3.20. The summed E-state index contributed by atoms with van der Waals surface area (Å²) in [6.07, 6.45) is 0. The predicted molar refractivity (Wildman–Crippen MR) is 51.2 cm³/mol. The third-order valence-electron chi connectivity index (χ3n) is 2.04. The SMILES string of the molecule is COC(=O)c1ccc([B-](F)(F)F)c(C)c1. The minimum absolute atomic E-state index is 0.0328. The van der Waals surface area contributed by atoms with Crippen molar-refractivity contribution in [3.8, 4) is 0 Å². The van der Waals surface area contributed by atoms with Crippen molar-refractivity contribution in [1.29, 1.82) is 0 Å². The van der Waals surface area contributed by atoms with Gasteiger partial charge in [0.1, 0.15) is 0 Å². The van der Waals surface area contributed by atoms with Crippen LogP contribution < -0.4 is 5.46 Å². The Morgan fingerprint density at radius 3 is 2.33 bits per heavy atom. The van der Waals surface area contributed by atoms with Crippen LogP contribution in [-0.4, -0.2) is 20.1 Å². The zero-order valence-corrected chi connectivity index (χ0v) is 8.26. The zero-order valence-electron chi connectivity index (χ0n) is 8.26. The summed E-state index contributed by atoms with van der Waals surface area (Å²) in [7, 11) is 1.18. The molecule has 2 nitrogen and oxygen atoms in total. The maximum absolute atomic E-state index is 12.4. The van der Waals surface area contributed by atoms with Gasteiger partial charge in [-0.05, 0) is 13.0 Å². The average Bonchev–Trinajstić information content (AvgIpc) is 2.14. The van der Waals surface area contributed by atoms with Crippen molar-refractivity contribution in [2.24, 2.45) is 0 Å². The Morgan fingerprint density at radius 2 is 1.93 bits per heavy atom. The highest BCUT2D eigenvalue weighted by molar-refractivity contribution is 6.74. The predicted octanol–water partition coefficient (Wildman–Crippen LogP) is 1.84. The molecule has 0 aliphatic heterocycles. The van der Waals surface area contributed by atoms with Crippen LogP contribution >= 0.6 is 0 Å². The molecule has 0 bridgehead atoms. The maximum atomic E-state index is 12.4. The van der Waals surface area contributed by atoms with Gasteiger partial charge in [0.05, 0.1) is 12.7 Å². The summed E-state index contributed by atoms with van der Waals surface area (Å²) in [5.74, 6) is -0.640. The minimum atomic E-state index is -5.02. The third-order valence-corrected chi connectivity index (χ3v) is 2.04. The molecule has 0 saturated heterocycles. The van der Waals surface area contributed by atoms with Gasteiger partial charge < -0.3 is 17.7 Å². The van der Waals surface area contributed by atoms with Crippen molar-refractivity contribution in [3.05, 3.63) is 29.3 Å². The number of carbonyl (C=O) groups excluding carboxylic acids is 1. The van der Waals surface area contributed by atoms with Crippen LogP contribution in [0.5, 0.6) is 0 Å². The Kier molecular flexibility index (Phi) is 3.07. The topological polar surface area (TPSA) is 26.3 Å². The number of aryl methyl sites for hydroxylation is 1. The molecule has 0 aliphatic carbocycles. The first-order chi connectivity index (χ1) is 6.86. The van der Waals surface area contributed by atoms with Crippen LogP contribution in [0.25, 0.3) is 0 Å². The molecule has 1 rings (SSSR count). The van der Waals surface area contributed by atoms with Crippen molar-refractivity contribution in [2.45, 2.75) is 6.92 Å². The molecule has 0 fully saturated rings. The summed E-state index contributed by atoms with van der Waals surface area (Å²) >= 11 is 0. The van der Waals surface area contributed by atoms with Gasteiger partial charge in [0.15, 0.2) is 0 Å². The summed E-state index contributed by atoms with van der Waals surface area (Å²) in [5, 5.41) is 0. The number of esters is 1. The first kappa shape index (κ1) is 11.6. The van der Waals surface area contributed by atoms with E-state index < -0.39 is 18.4 Å². The van der Waals surface area contributed by atoms with Gasteiger partial charge in [-0.25, -0.2) is 4.79 Å². The first-order valence-electron chi connectivity index (χ1n) is 4.25. The smallest absolute Gasteiger partial charge is 0.465 e. The normalized spacial score (nSPS) is 11.3. The van der Waals surface area contributed by atoms with Crippen LogP contribution in [0.2, 0.25) is 0 Å². The molecular weight excluding hydrogens is 208 g/mol. The molecule has 0 spiro atoms. The van der Waals surface area contributed by atoms with Crippen LogP contribution in [0, 0.1) is 6.92 Å². The Bertz CT molecular complexity index is 387. The van der Waals surface area contributed by atoms with Gasteiger partial charge in [-0.1, -0.05) is 17.7 Å². The molecule has 0 radical (unpaired) electrons. The van der Waals surface area contributed by atoms with E-state index >= 15 is 0 Å². The average molecular weight is 217 g/mol. The van der Waals surface area contributed by atoms with E-state index in [1.165, 1.54) is 20.1 Å². The largest absolute Gasteiger partial charge is 0.509 e. The highest BCUT2D eigenvalue weighted by atomic mass is 19.4. The van der Waals surface area contributed by atoms with E-state index in [0.717, 1.165) is 12.1 Å². The van der Waals surface area contributed by atoms with Gasteiger partial charge >= 0.3 is 12.9 Å². The number of hydrogen-bond donors (Lipinski definition) is 0. The fourth-order valence-corrected chi connectivity index (χ4v) is 1.29. The second kappa shape index (κ2) is 3.96. The number of carbonyl (C=O) groups is 1. The van der Waals surface area contributed by atoms with Crippen molar-refractivity contribution >= 4 is 18.4 Å². The van der Waals surface area contributed by atoms with Crippen LogP contribution in [0.3, 0.4) is 0 Å². The monoisotopic (exact) mass is 217 g/mol. The summed E-state index contributed by atoms with van der Waals surface area (Å²) in [6.45, 7) is -3.71. The van der Waals surface area contributed by atoms with E-state index in [1.54, 1.807) is 0 Å². The van der Waals surface area contributed by atoms with Gasteiger partial charge in [0.25, 0.3) is 0 Å². The quantitative estimate of drug-likeness (QED) is 0.557. The molecule has 1 aromatic carbocycles. The van der Waals surface area contributed by atoms with Gasteiger partial charge in [0, 0.05) is 0 Å². The molecule has 82 valence electrons. The fourth-order valence-electron chi connectivity index (χ4n) is 1.29. The Hall–Kier alpha value is -1.46. The lowest BCUT2D eigenvalue weighted by Gasteiger charge is -2.18. The lowest BCUT2D eigenvalue weighted by molar-refractivity contribution is 0.0600. The summed E-state index contributed by atoms with van der Waals surface area (Å²) in [5.41, 5.74) is -0.521. The molecule has 0 heterocycles. The molecule has 15 heavy (non-hydrogen) atoms. The van der Waals surface area contributed by atoms with E-state index in [1.807, 2.05) is 0 Å².